The van der Waals surface area contributed by atoms with Gasteiger partial charge in [0.1, 0.15) is 0 Å². The van der Waals surface area contributed by atoms with Crippen molar-refractivity contribution in [3.63, 3.8) is 0 Å². The van der Waals surface area contributed by atoms with Crippen LogP contribution < -0.4 is 5.32 Å². The summed E-state index contributed by atoms with van der Waals surface area (Å²) in [6.07, 6.45) is 0.350. The summed E-state index contributed by atoms with van der Waals surface area (Å²) in [5.74, 6) is -0.715. The zero-order valence-corrected chi connectivity index (χ0v) is 9.08. The highest BCUT2D eigenvalue weighted by Gasteiger charge is 2.27. The predicted molar refractivity (Wildman–Crippen MR) is 53.4 cm³/mol. The van der Waals surface area contributed by atoms with E-state index in [0.29, 0.717) is 25.6 Å². The molecule has 1 aliphatic rings. The number of carbonyl (C=O) groups excluding carboxylic acids is 1. The van der Waals surface area contributed by atoms with Crippen LogP contribution in [0.2, 0.25) is 0 Å². The van der Waals surface area contributed by atoms with Crippen molar-refractivity contribution in [2.75, 3.05) is 13.2 Å². The lowest BCUT2D eigenvalue weighted by molar-refractivity contribution is -0.139. The van der Waals surface area contributed by atoms with Crippen molar-refractivity contribution in [2.45, 2.75) is 32.2 Å². The molecule has 15 heavy (non-hydrogen) atoms. The first-order valence-electron chi connectivity index (χ1n) is 4.99. The summed E-state index contributed by atoms with van der Waals surface area (Å²) in [5.41, 5.74) is -0.687. The zero-order chi connectivity index (χ0) is 11.5. The largest absolute Gasteiger partial charge is 0.481 e. The van der Waals surface area contributed by atoms with Gasteiger partial charge < -0.3 is 15.2 Å². The Balaban J connectivity index is 2.31. The number of hydrogen-bond donors (Lipinski definition) is 2. The molecule has 1 aliphatic heterocycles. The van der Waals surface area contributed by atoms with E-state index in [4.69, 9.17) is 9.84 Å². The quantitative estimate of drug-likeness (QED) is 0.695. The van der Waals surface area contributed by atoms with Crippen LogP contribution in [0.15, 0.2) is 0 Å². The summed E-state index contributed by atoms with van der Waals surface area (Å²) < 4.78 is 4.96. The molecule has 0 aromatic carbocycles. The standard InChI is InChI=1S/C10H17NO4/c1-10(2,4-9(13)14)11-8(12)3-7-5-15-6-7/h7H,3-6H2,1-2H3,(H,11,12)(H,13,14). The number of carbonyl (C=O) groups is 2. The van der Waals surface area contributed by atoms with Crippen molar-refractivity contribution < 1.29 is 19.4 Å². The van der Waals surface area contributed by atoms with Gasteiger partial charge in [0.25, 0.3) is 0 Å². The van der Waals surface area contributed by atoms with Gasteiger partial charge in [-0.05, 0) is 13.8 Å². The second-order valence-corrected chi connectivity index (χ2v) is 4.61. The molecular weight excluding hydrogens is 198 g/mol. The van der Waals surface area contributed by atoms with Gasteiger partial charge in [-0.3, -0.25) is 9.59 Å². The minimum absolute atomic E-state index is 0.0695. The number of amides is 1. The molecule has 0 radical (unpaired) electrons. The summed E-state index contributed by atoms with van der Waals surface area (Å²) in [7, 11) is 0. The van der Waals surface area contributed by atoms with Crippen LogP contribution in [0.5, 0.6) is 0 Å². The van der Waals surface area contributed by atoms with Crippen molar-refractivity contribution in [3.05, 3.63) is 0 Å². The molecule has 5 heteroatoms. The van der Waals surface area contributed by atoms with Gasteiger partial charge in [0.15, 0.2) is 0 Å². The molecule has 0 spiro atoms. The van der Waals surface area contributed by atoms with Crippen LogP contribution in [0.4, 0.5) is 0 Å². The molecule has 1 rings (SSSR count). The number of ether oxygens (including phenoxy) is 1. The molecule has 1 saturated heterocycles. The highest BCUT2D eigenvalue weighted by Crippen LogP contribution is 2.15. The third-order valence-corrected chi connectivity index (χ3v) is 2.25. The van der Waals surface area contributed by atoms with E-state index in [9.17, 15) is 9.59 Å². The van der Waals surface area contributed by atoms with Crippen molar-refractivity contribution in [1.82, 2.24) is 5.32 Å². The highest BCUT2D eigenvalue weighted by atomic mass is 16.5. The van der Waals surface area contributed by atoms with Crippen molar-refractivity contribution in [1.29, 1.82) is 0 Å². The van der Waals surface area contributed by atoms with E-state index >= 15 is 0 Å². The molecule has 0 saturated carbocycles. The van der Waals surface area contributed by atoms with Crippen molar-refractivity contribution in [2.24, 2.45) is 5.92 Å². The minimum atomic E-state index is -0.910. The highest BCUT2D eigenvalue weighted by molar-refractivity contribution is 5.78. The number of hydrogen-bond acceptors (Lipinski definition) is 3. The first-order valence-corrected chi connectivity index (χ1v) is 4.99. The summed E-state index contributed by atoms with van der Waals surface area (Å²) in [6.45, 7) is 4.67. The second kappa shape index (κ2) is 4.61. The van der Waals surface area contributed by atoms with E-state index in [2.05, 4.69) is 5.32 Å². The molecule has 0 aliphatic carbocycles. The Morgan fingerprint density at radius 1 is 1.47 bits per heavy atom. The first kappa shape index (κ1) is 12.0. The lowest BCUT2D eigenvalue weighted by Crippen LogP contribution is -2.46. The third kappa shape index (κ3) is 4.29. The smallest absolute Gasteiger partial charge is 0.305 e. The molecular formula is C10H17NO4. The number of aliphatic carboxylic acids is 1. The van der Waals surface area contributed by atoms with Crippen molar-refractivity contribution in [3.8, 4) is 0 Å². The van der Waals surface area contributed by atoms with E-state index in [-0.39, 0.29) is 12.3 Å². The Morgan fingerprint density at radius 3 is 2.47 bits per heavy atom. The Labute approximate surface area is 88.8 Å². The Morgan fingerprint density at radius 2 is 2.07 bits per heavy atom. The molecule has 0 bridgehead atoms. The van der Waals surface area contributed by atoms with Crippen LogP contribution >= 0.6 is 0 Å². The molecule has 1 heterocycles. The molecule has 5 nitrogen and oxygen atoms in total. The van der Waals surface area contributed by atoms with Crippen LogP contribution in [0, 0.1) is 5.92 Å². The summed E-state index contributed by atoms with van der Waals surface area (Å²) in [5, 5.41) is 11.3. The number of nitrogens with one attached hydrogen (secondary N) is 1. The second-order valence-electron chi connectivity index (χ2n) is 4.61. The van der Waals surface area contributed by atoms with Gasteiger partial charge in [-0.1, -0.05) is 0 Å². The molecule has 86 valence electrons. The molecule has 0 unspecified atom stereocenters. The van der Waals surface area contributed by atoms with Crippen LogP contribution in [0.1, 0.15) is 26.7 Å². The fraction of sp³-hybridized carbons (Fsp3) is 0.800. The fourth-order valence-electron chi connectivity index (χ4n) is 1.52. The summed E-state index contributed by atoms with van der Waals surface area (Å²) in [4.78, 5) is 22.0. The zero-order valence-electron chi connectivity index (χ0n) is 9.08. The van der Waals surface area contributed by atoms with Gasteiger partial charge in [0, 0.05) is 17.9 Å². The lowest BCUT2D eigenvalue weighted by atomic mass is 9.98. The Kier molecular flexibility index (Phi) is 3.68. The average Bonchev–Trinajstić information content (AvgIpc) is 1.92. The van der Waals surface area contributed by atoms with Gasteiger partial charge in [-0.25, -0.2) is 0 Å². The molecule has 0 aromatic heterocycles. The minimum Gasteiger partial charge on any atom is -0.481 e. The summed E-state index contributed by atoms with van der Waals surface area (Å²) in [6, 6.07) is 0. The van der Waals surface area contributed by atoms with Crippen LogP contribution in [0.25, 0.3) is 0 Å². The van der Waals surface area contributed by atoms with E-state index < -0.39 is 11.5 Å². The number of rotatable bonds is 5. The average molecular weight is 215 g/mol. The van der Waals surface area contributed by atoms with Gasteiger partial charge in [0.05, 0.1) is 19.6 Å². The lowest BCUT2D eigenvalue weighted by Gasteiger charge is -2.28. The van der Waals surface area contributed by atoms with Crippen LogP contribution in [-0.2, 0) is 14.3 Å². The van der Waals surface area contributed by atoms with Gasteiger partial charge >= 0.3 is 5.97 Å². The van der Waals surface area contributed by atoms with E-state index in [0.717, 1.165) is 0 Å². The normalized spacial score (nSPS) is 16.9. The van der Waals surface area contributed by atoms with E-state index in [1.807, 2.05) is 0 Å². The third-order valence-electron chi connectivity index (χ3n) is 2.25. The Hall–Kier alpha value is -1.10. The number of carboxylic acid groups (broad SMARTS) is 1. The maximum atomic E-state index is 11.5. The van der Waals surface area contributed by atoms with Gasteiger partial charge in [-0.2, -0.15) is 0 Å². The fourth-order valence-corrected chi connectivity index (χ4v) is 1.52. The van der Waals surface area contributed by atoms with Crippen LogP contribution in [0.3, 0.4) is 0 Å². The first-order chi connectivity index (χ1) is 6.89. The van der Waals surface area contributed by atoms with Crippen LogP contribution in [-0.4, -0.2) is 35.7 Å². The van der Waals surface area contributed by atoms with Gasteiger partial charge in [-0.15, -0.1) is 0 Å². The SMILES string of the molecule is CC(C)(CC(=O)O)NC(=O)CC1COC1. The molecule has 0 atom stereocenters. The maximum absolute atomic E-state index is 11.5. The predicted octanol–water partition coefficient (Wildman–Crippen LogP) is 0.392. The topological polar surface area (TPSA) is 75.6 Å². The Bertz CT molecular complexity index is 258. The summed E-state index contributed by atoms with van der Waals surface area (Å²) >= 11 is 0. The molecule has 0 aromatic rings. The van der Waals surface area contributed by atoms with E-state index in [1.165, 1.54) is 0 Å². The molecule has 2 N–H and O–H groups in total. The molecule has 1 amide bonds. The molecule has 1 fully saturated rings. The monoisotopic (exact) mass is 215 g/mol. The maximum Gasteiger partial charge on any atom is 0.305 e. The van der Waals surface area contributed by atoms with Gasteiger partial charge in [0.2, 0.25) is 5.91 Å². The number of carboxylic acids is 1. The van der Waals surface area contributed by atoms with Crippen molar-refractivity contribution >= 4 is 11.9 Å². The van der Waals surface area contributed by atoms with E-state index in [1.54, 1.807) is 13.8 Å².